The maximum absolute atomic E-state index is 8.76. The van der Waals surface area contributed by atoms with Crippen LogP contribution in [0.2, 0.25) is 0 Å². The van der Waals surface area contributed by atoms with E-state index in [-0.39, 0.29) is 25.4 Å². The summed E-state index contributed by atoms with van der Waals surface area (Å²) in [5, 5.41) is 17.5. The first kappa shape index (κ1) is 11.8. The van der Waals surface area contributed by atoms with Gasteiger partial charge in [0.15, 0.2) is 0 Å². The minimum absolute atomic E-state index is 0.0123. The van der Waals surface area contributed by atoms with Crippen molar-refractivity contribution in [2.75, 3.05) is 27.4 Å². The maximum atomic E-state index is 8.76. The van der Waals surface area contributed by atoms with Gasteiger partial charge in [0.1, 0.15) is 0 Å². The van der Waals surface area contributed by atoms with E-state index in [1.165, 1.54) is 0 Å². The molecule has 74 valence electrons. The van der Waals surface area contributed by atoms with Crippen molar-refractivity contribution in [2.24, 2.45) is 0 Å². The molecule has 0 fully saturated rings. The van der Waals surface area contributed by atoms with Gasteiger partial charge in [-0.2, -0.15) is 0 Å². The number of methoxy groups -OCH3 is 2. The van der Waals surface area contributed by atoms with Gasteiger partial charge in [-0.1, -0.05) is 0 Å². The fraction of sp³-hybridized carbons (Fsp3) is 1.00. The second-order valence-electron chi connectivity index (χ2n) is 2.66. The van der Waals surface area contributed by atoms with Gasteiger partial charge >= 0.3 is 0 Å². The molecule has 0 bridgehead atoms. The van der Waals surface area contributed by atoms with Crippen LogP contribution in [0.5, 0.6) is 0 Å². The number of hydrogen-bond donors (Lipinski definition) is 2. The SMILES string of the molecule is CO[C@H](CO)CC[C@H](CO)OC. The van der Waals surface area contributed by atoms with Crippen LogP contribution >= 0.6 is 0 Å². The minimum atomic E-state index is -0.144. The summed E-state index contributed by atoms with van der Waals surface area (Å²) < 4.78 is 9.90. The second kappa shape index (κ2) is 7.49. The van der Waals surface area contributed by atoms with Gasteiger partial charge in [-0.25, -0.2) is 0 Å². The van der Waals surface area contributed by atoms with Crippen molar-refractivity contribution in [2.45, 2.75) is 25.0 Å². The van der Waals surface area contributed by atoms with Crippen LogP contribution in [-0.4, -0.2) is 49.9 Å². The maximum Gasteiger partial charge on any atom is 0.0802 e. The normalized spacial score (nSPS) is 16.0. The zero-order valence-electron chi connectivity index (χ0n) is 7.69. The number of hydrogen-bond acceptors (Lipinski definition) is 4. The zero-order chi connectivity index (χ0) is 9.40. The van der Waals surface area contributed by atoms with Crippen molar-refractivity contribution in [1.82, 2.24) is 0 Å². The van der Waals surface area contributed by atoms with E-state index < -0.39 is 0 Å². The van der Waals surface area contributed by atoms with Crippen molar-refractivity contribution in [3.8, 4) is 0 Å². The first-order valence-corrected chi connectivity index (χ1v) is 4.05. The van der Waals surface area contributed by atoms with Crippen LogP contribution in [0.1, 0.15) is 12.8 Å². The molecule has 0 aliphatic carbocycles. The van der Waals surface area contributed by atoms with Crippen molar-refractivity contribution >= 4 is 0 Å². The quantitative estimate of drug-likeness (QED) is 0.566. The average molecular weight is 178 g/mol. The third kappa shape index (κ3) is 4.66. The molecule has 0 rings (SSSR count). The zero-order valence-corrected chi connectivity index (χ0v) is 7.69. The van der Waals surface area contributed by atoms with Gasteiger partial charge in [-0.15, -0.1) is 0 Å². The lowest BCUT2D eigenvalue weighted by Gasteiger charge is -2.16. The van der Waals surface area contributed by atoms with Crippen LogP contribution in [0.15, 0.2) is 0 Å². The van der Waals surface area contributed by atoms with E-state index in [0.717, 1.165) is 0 Å². The third-order valence-electron chi connectivity index (χ3n) is 1.88. The first-order valence-electron chi connectivity index (χ1n) is 4.05. The number of aliphatic hydroxyl groups excluding tert-OH is 2. The Morgan fingerprint density at radius 2 is 1.25 bits per heavy atom. The number of ether oxygens (including phenoxy) is 2. The molecule has 0 amide bonds. The molecule has 0 radical (unpaired) electrons. The minimum Gasteiger partial charge on any atom is -0.394 e. The van der Waals surface area contributed by atoms with Crippen LogP contribution in [0.3, 0.4) is 0 Å². The van der Waals surface area contributed by atoms with Gasteiger partial charge in [0.2, 0.25) is 0 Å². The highest BCUT2D eigenvalue weighted by atomic mass is 16.5. The molecule has 4 heteroatoms. The summed E-state index contributed by atoms with van der Waals surface area (Å²) in [4.78, 5) is 0. The highest BCUT2D eigenvalue weighted by molar-refractivity contribution is 4.61. The van der Waals surface area contributed by atoms with Crippen molar-refractivity contribution in [3.63, 3.8) is 0 Å². The Balaban J connectivity index is 3.49. The number of rotatable bonds is 7. The van der Waals surface area contributed by atoms with Crippen LogP contribution in [0.4, 0.5) is 0 Å². The molecule has 0 unspecified atom stereocenters. The molecule has 2 N–H and O–H groups in total. The van der Waals surface area contributed by atoms with Gasteiger partial charge in [0.25, 0.3) is 0 Å². The molecule has 0 aromatic rings. The topological polar surface area (TPSA) is 58.9 Å². The van der Waals surface area contributed by atoms with Crippen molar-refractivity contribution in [1.29, 1.82) is 0 Å². The summed E-state index contributed by atoms with van der Waals surface area (Å²) in [5.74, 6) is 0. The van der Waals surface area contributed by atoms with E-state index in [4.69, 9.17) is 19.7 Å². The van der Waals surface area contributed by atoms with Gasteiger partial charge in [-0.05, 0) is 12.8 Å². The molecule has 0 saturated heterocycles. The Hall–Kier alpha value is -0.160. The van der Waals surface area contributed by atoms with Crippen LogP contribution < -0.4 is 0 Å². The van der Waals surface area contributed by atoms with E-state index in [0.29, 0.717) is 12.8 Å². The summed E-state index contributed by atoms with van der Waals surface area (Å²) in [6.07, 6.45) is 1.11. The highest BCUT2D eigenvalue weighted by Crippen LogP contribution is 2.05. The summed E-state index contributed by atoms with van der Waals surface area (Å²) in [6, 6.07) is 0. The Kier molecular flexibility index (Phi) is 7.39. The molecule has 0 saturated carbocycles. The number of aliphatic hydroxyl groups is 2. The predicted octanol–water partition coefficient (Wildman–Crippen LogP) is -0.219. The summed E-state index contributed by atoms with van der Waals surface area (Å²) >= 11 is 0. The summed E-state index contributed by atoms with van der Waals surface area (Å²) in [5.41, 5.74) is 0. The monoisotopic (exact) mass is 178 g/mol. The molecule has 0 aromatic heterocycles. The molecule has 0 aliphatic rings. The molecule has 0 spiro atoms. The van der Waals surface area contributed by atoms with E-state index in [2.05, 4.69) is 0 Å². The Morgan fingerprint density at radius 1 is 0.917 bits per heavy atom. The molecule has 12 heavy (non-hydrogen) atoms. The van der Waals surface area contributed by atoms with Gasteiger partial charge in [-0.3, -0.25) is 0 Å². The second-order valence-corrected chi connectivity index (χ2v) is 2.66. The standard InChI is InChI=1S/C8H18O4/c1-11-7(5-9)3-4-8(6-10)12-2/h7-10H,3-6H2,1-2H3/t7-,8+. The van der Waals surface area contributed by atoms with Crippen molar-refractivity contribution in [3.05, 3.63) is 0 Å². The van der Waals surface area contributed by atoms with Gasteiger partial charge in [0.05, 0.1) is 25.4 Å². The van der Waals surface area contributed by atoms with E-state index in [9.17, 15) is 0 Å². The third-order valence-corrected chi connectivity index (χ3v) is 1.88. The highest BCUT2D eigenvalue weighted by Gasteiger charge is 2.10. The van der Waals surface area contributed by atoms with Gasteiger partial charge in [0, 0.05) is 14.2 Å². The lowest BCUT2D eigenvalue weighted by Crippen LogP contribution is -2.21. The molecule has 0 heterocycles. The Labute approximate surface area is 73.1 Å². The lowest BCUT2D eigenvalue weighted by molar-refractivity contribution is 0.00724. The largest absolute Gasteiger partial charge is 0.394 e. The Bertz CT molecular complexity index is 77.1. The van der Waals surface area contributed by atoms with Crippen molar-refractivity contribution < 1.29 is 19.7 Å². The van der Waals surface area contributed by atoms with E-state index in [1.807, 2.05) is 0 Å². The summed E-state index contributed by atoms with van der Waals surface area (Å²) in [6.45, 7) is 0.0245. The molecule has 4 nitrogen and oxygen atoms in total. The van der Waals surface area contributed by atoms with Gasteiger partial charge < -0.3 is 19.7 Å². The molecular weight excluding hydrogens is 160 g/mol. The predicted molar refractivity (Wildman–Crippen MR) is 45.0 cm³/mol. The average Bonchev–Trinajstić information content (AvgIpc) is 2.13. The molecule has 0 aromatic carbocycles. The van der Waals surface area contributed by atoms with E-state index >= 15 is 0 Å². The lowest BCUT2D eigenvalue weighted by atomic mass is 10.1. The Morgan fingerprint density at radius 3 is 1.42 bits per heavy atom. The molecule has 2 atom stereocenters. The smallest absolute Gasteiger partial charge is 0.0802 e. The fourth-order valence-corrected chi connectivity index (χ4v) is 0.939. The summed E-state index contributed by atoms with van der Waals surface area (Å²) in [7, 11) is 3.11. The fourth-order valence-electron chi connectivity index (χ4n) is 0.939. The molecule has 0 aliphatic heterocycles. The van der Waals surface area contributed by atoms with Crippen LogP contribution in [0.25, 0.3) is 0 Å². The van der Waals surface area contributed by atoms with Crippen LogP contribution in [-0.2, 0) is 9.47 Å². The van der Waals surface area contributed by atoms with Crippen LogP contribution in [0, 0.1) is 0 Å². The molecular formula is C8H18O4. The van der Waals surface area contributed by atoms with E-state index in [1.54, 1.807) is 14.2 Å². The first-order chi connectivity index (χ1) is 5.78.